The number of amides is 1. The summed E-state index contributed by atoms with van der Waals surface area (Å²) in [6.45, 7) is 0.335. The van der Waals surface area contributed by atoms with Crippen LogP contribution >= 0.6 is 34.2 Å². The van der Waals surface area contributed by atoms with Crippen molar-refractivity contribution in [3.05, 3.63) is 80.6 Å². The maximum absolute atomic E-state index is 12.6. The Kier molecular flexibility index (Phi) is 5.20. The van der Waals surface area contributed by atoms with Crippen molar-refractivity contribution in [3.8, 4) is 0 Å². The van der Waals surface area contributed by atoms with Gasteiger partial charge < -0.3 is 10.3 Å². The Morgan fingerprint density at radius 3 is 2.54 bits per heavy atom. The van der Waals surface area contributed by atoms with E-state index in [0.717, 1.165) is 21.1 Å². The topological polar surface area (TPSA) is 62.0 Å². The van der Waals surface area contributed by atoms with Gasteiger partial charge in [-0.15, -0.1) is 0 Å². The van der Waals surface area contributed by atoms with E-state index < -0.39 is 5.91 Å². The summed E-state index contributed by atoms with van der Waals surface area (Å²) in [7, 11) is 0. The van der Waals surface area contributed by atoms with Gasteiger partial charge in [-0.1, -0.05) is 52.4 Å². The first-order chi connectivity index (χ1) is 11.6. The molecule has 0 spiro atoms. The Hall–Kier alpha value is -1.86. The summed E-state index contributed by atoms with van der Waals surface area (Å²) in [6, 6.07) is 12.8. The number of hydrogen-bond donors (Lipinski definition) is 2. The second-order valence-corrected chi connectivity index (χ2v) is 6.55. The first-order valence-corrected chi connectivity index (χ1v) is 9.22. The number of carbonyl (C=O) groups is 1. The highest BCUT2D eigenvalue weighted by atomic mass is 127. The van der Waals surface area contributed by atoms with E-state index >= 15 is 0 Å². The van der Waals surface area contributed by atoms with Crippen LogP contribution in [0.4, 0.5) is 0 Å². The summed E-state index contributed by atoms with van der Waals surface area (Å²) in [4.78, 5) is 28.0. The van der Waals surface area contributed by atoms with Gasteiger partial charge >= 0.3 is 0 Å². The van der Waals surface area contributed by atoms with Crippen LogP contribution in [0, 0.1) is 0 Å². The third-order valence-corrected chi connectivity index (χ3v) is 4.84. The molecule has 0 atom stereocenters. The molecule has 1 amide bonds. The first kappa shape index (κ1) is 17.0. The van der Waals surface area contributed by atoms with Crippen molar-refractivity contribution in [1.29, 1.82) is 0 Å². The lowest BCUT2D eigenvalue weighted by atomic mass is 10.1. The minimum absolute atomic E-state index is 0.113. The zero-order chi connectivity index (χ0) is 17.1. The molecule has 0 saturated heterocycles. The minimum atomic E-state index is -0.395. The molecule has 2 N–H and O–H groups in total. The highest BCUT2D eigenvalue weighted by Gasteiger charge is 2.13. The van der Waals surface area contributed by atoms with Crippen molar-refractivity contribution in [2.75, 3.05) is 0 Å². The van der Waals surface area contributed by atoms with Gasteiger partial charge in [0.15, 0.2) is 0 Å². The van der Waals surface area contributed by atoms with Crippen LogP contribution in [0.3, 0.4) is 0 Å². The fourth-order valence-electron chi connectivity index (χ4n) is 2.40. The van der Waals surface area contributed by atoms with Gasteiger partial charge in [0.05, 0.1) is 0 Å². The zero-order valence-electron chi connectivity index (χ0n) is 12.6. The summed E-state index contributed by atoms with van der Waals surface area (Å²) < 4.78 is 0.806. The van der Waals surface area contributed by atoms with Gasteiger partial charge in [-0.3, -0.25) is 9.59 Å². The zero-order valence-corrected chi connectivity index (χ0v) is 15.5. The van der Waals surface area contributed by atoms with Crippen LogP contribution in [0.1, 0.15) is 21.5 Å². The lowest BCUT2D eigenvalue weighted by Gasteiger charge is -2.07. The molecule has 0 bridgehead atoms. The molecule has 0 fully saturated rings. The predicted octanol–water partition coefficient (Wildman–Crippen LogP) is 4.05. The molecule has 0 aliphatic rings. The molecular weight excluding hydrogens is 439 g/mol. The van der Waals surface area contributed by atoms with Crippen LogP contribution in [0.15, 0.2) is 53.5 Å². The molecule has 0 aliphatic carbocycles. The van der Waals surface area contributed by atoms with E-state index in [1.807, 2.05) is 30.3 Å². The first-order valence-electron chi connectivity index (χ1n) is 7.31. The molecular formula is C18H14ClIN2O2. The molecule has 6 heteroatoms. The number of H-pyrrole nitrogens is 1. The molecule has 0 saturated carbocycles. The second kappa shape index (κ2) is 7.36. The maximum Gasteiger partial charge on any atom is 0.257 e. The van der Waals surface area contributed by atoms with Gasteiger partial charge in [-0.25, -0.2) is 0 Å². The van der Waals surface area contributed by atoms with Crippen LogP contribution in [-0.4, -0.2) is 10.9 Å². The van der Waals surface area contributed by atoms with Crippen LogP contribution in [-0.2, 0) is 11.0 Å². The molecule has 0 radical (unpaired) electrons. The quantitative estimate of drug-likeness (QED) is 0.463. The number of halogens is 2. The Morgan fingerprint density at radius 1 is 1.12 bits per heavy atom. The molecule has 3 rings (SSSR count). The van der Waals surface area contributed by atoms with E-state index in [0.29, 0.717) is 17.0 Å². The van der Waals surface area contributed by atoms with Crippen molar-refractivity contribution in [2.45, 2.75) is 11.0 Å². The predicted molar refractivity (Wildman–Crippen MR) is 105 cm³/mol. The average Bonchev–Trinajstić information content (AvgIpc) is 2.61. The second-order valence-electron chi connectivity index (χ2n) is 5.35. The largest absolute Gasteiger partial charge is 0.360 e. The number of alkyl halides is 1. The highest BCUT2D eigenvalue weighted by Crippen LogP contribution is 2.14. The molecule has 0 unspecified atom stereocenters. The summed E-state index contributed by atoms with van der Waals surface area (Å²) in [5, 5.41) is 3.94. The lowest BCUT2D eigenvalue weighted by Crippen LogP contribution is -2.28. The molecule has 3 aromatic rings. The van der Waals surface area contributed by atoms with Gasteiger partial charge in [-0.2, -0.15) is 0 Å². The number of rotatable bonds is 4. The number of aromatic nitrogens is 1. The Labute approximate surface area is 157 Å². The van der Waals surface area contributed by atoms with E-state index in [1.165, 1.54) is 6.20 Å². The van der Waals surface area contributed by atoms with E-state index in [1.54, 1.807) is 12.1 Å². The molecule has 1 heterocycles. The van der Waals surface area contributed by atoms with Crippen LogP contribution in [0.25, 0.3) is 10.9 Å². The lowest BCUT2D eigenvalue weighted by molar-refractivity contribution is 0.0949. The Morgan fingerprint density at radius 2 is 1.83 bits per heavy atom. The number of nitrogens with one attached hydrogen (secondary N) is 2. The van der Waals surface area contributed by atoms with Gasteiger partial charge in [0.25, 0.3) is 5.91 Å². The van der Waals surface area contributed by atoms with E-state index in [4.69, 9.17) is 11.6 Å². The SMILES string of the molecule is O=C(NCc1ccc(Cl)cc1)c1c[nH]c2ccc(CI)cc2c1=O. The summed E-state index contributed by atoms with van der Waals surface area (Å²) in [6.07, 6.45) is 1.46. The van der Waals surface area contributed by atoms with Gasteiger partial charge in [-0.05, 0) is 35.4 Å². The summed E-state index contributed by atoms with van der Waals surface area (Å²) >= 11 is 8.08. The standard InChI is InChI=1S/C18H14ClIN2O2/c19-13-4-1-11(2-5-13)9-22-18(24)15-10-21-16-6-3-12(8-20)7-14(16)17(15)23/h1-7,10H,8-9H2,(H,21,23)(H,22,24). The van der Waals surface area contributed by atoms with Crippen LogP contribution in [0.5, 0.6) is 0 Å². The Bertz CT molecular complexity index is 951. The normalized spacial score (nSPS) is 10.8. The van der Waals surface area contributed by atoms with Crippen molar-refractivity contribution in [2.24, 2.45) is 0 Å². The minimum Gasteiger partial charge on any atom is -0.360 e. The van der Waals surface area contributed by atoms with E-state index in [-0.39, 0.29) is 11.0 Å². The smallest absolute Gasteiger partial charge is 0.257 e. The fourth-order valence-corrected chi connectivity index (χ4v) is 3.00. The third kappa shape index (κ3) is 3.62. The van der Waals surface area contributed by atoms with Crippen molar-refractivity contribution in [3.63, 3.8) is 0 Å². The highest BCUT2D eigenvalue weighted by molar-refractivity contribution is 14.1. The van der Waals surface area contributed by atoms with E-state index in [2.05, 4.69) is 32.9 Å². The van der Waals surface area contributed by atoms with Gasteiger partial charge in [0.2, 0.25) is 5.43 Å². The summed E-state index contributed by atoms with van der Waals surface area (Å²) in [5.74, 6) is -0.395. The maximum atomic E-state index is 12.6. The van der Waals surface area contributed by atoms with Crippen LogP contribution in [0.2, 0.25) is 5.02 Å². The van der Waals surface area contributed by atoms with Gasteiger partial charge in [0.1, 0.15) is 5.56 Å². The van der Waals surface area contributed by atoms with Crippen molar-refractivity contribution < 1.29 is 4.79 Å². The number of carbonyl (C=O) groups excluding carboxylic acids is 1. The van der Waals surface area contributed by atoms with Crippen molar-refractivity contribution in [1.82, 2.24) is 10.3 Å². The Balaban J connectivity index is 1.85. The fraction of sp³-hybridized carbons (Fsp3) is 0.111. The van der Waals surface area contributed by atoms with Gasteiger partial charge in [0, 0.05) is 33.1 Å². The number of hydrogen-bond acceptors (Lipinski definition) is 2. The molecule has 24 heavy (non-hydrogen) atoms. The number of pyridine rings is 1. The molecule has 4 nitrogen and oxygen atoms in total. The monoisotopic (exact) mass is 452 g/mol. The number of benzene rings is 2. The van der Waals surface area contributed by atoms with E-state index in [9.17, 15) is 9.59 Å². The van der Waals surface area contributed by atoms with Crippen molar-refractivity contribution >= 4 is 51.0 Å². The molecule has 2 aromatic carbocycles. The molecule has 0 aliphatic heterocycles. The third-order valence-electron chi connectivity index (χ3n) is 3.71. The molecule has 122 valence electrons. The van der Waals surface area contributed by atoms with Crippen LogP contribution < -0.4 is 10.7 Å². The number of fused-ring (bicyclic) bond motifs is 1. The average molecular weight is 453 g/mol. The number of aromatic amines is 1. The molecule has 1 aromatic heterocycles. The summed E-state index contributed by atoms with van der Waals surface area (Å²) in [5.41, 5.74) is 2.54.